The zero-order valence-electron chi connectivity index (χ0n) is 14.6. The van der Waals surface area contributed by atoms with Crippen molar-refractivity contribution in [2.75, 3.05) is 44.2 Å². The number of anilines is 1. The minimum atomic E-state index is -0.0884. The Kier molecular flexibility index (Phi) is 9.61. The van der Waals surface area contributed by atoms with Gasteiger partial charge in [0.1, 0.15) is 0 Å². The average molecular weight is 405 g/mol. The Morgan fingerprint density at radius 1 is 1.15 bits per heavy atom. The van der Waals surface area contributed by atoms with Gasteiger partial charge in [0.15, 0.2) is 0 Å². The van der Waals surface area contributed by atoms with Crippen LogP contribution in [0.1, 0.15) is 19.3 Å². The van der Waals surface area contributed by atoms with Crippen LogP contribution in [0.15, 0.2) is 18.5 Å². The van der Waals surface area contributed by atoms with Gasteiger partial charge in [0, 0.05) is 51.5 Å². The molecule has 26 heavy (non-hydrogen) atoms. The molecule has 1 atom stereocenters. The predicted molar refractivity (Wildman–Crippen MR) is 104 cm³/mol. The first kappa shape index (κ1) is 22.4. The monoisotopic (exact) mass is 404 g/mol. The van der Waals surface area contributed by atoms with Gasteiger partial charge in [0.05, 0.1) is 6.04 Å². The summed E-state index contributed by atoms with van der Waals surface area (Å²) < 4.78 is 0. The van der Waals surface area contributed by atoms with Crippen LogP contribution < -0.4 is 15.5 Å². The molecule has 0 aromatic carbocycles. The van der Waals surface area contributed by atoms with Crippen LogP contribution in [0.4, 0.5) is 5.95 Å². The number of hydrogen-bond donors (Lipinski definition) is 2. The standard InChI is InChI=1S/C16H24N6O2.2ClH/c23-14(4-8-18-15(24)13-3-1-5-17-13)21-9-11-22(12-10-21)16-19-6-2-7-20-16;;/h2,6-7,13,17H,1,3-5,8-12H2,(H,18,24);2*1H/t13-;;/m0../s1. The minimum Gasteiger partial charge on any atom is -0.354 e. The highest BCUT2D eigenvalue weighted by Gasteiger charge is 2.24. The molecule has 8 nitrogen and oxygen atoms in total. The van der Waals surface area contributed by atoms with E-state index < -0.39 is 0 Å². The fourth-order valence-electron chi connectivity index (χ4n) is 3.09. The summed E-state index contributed by atoms with van der Waals surface area (Å²) in [7, 11) is 0. The van der Waals surface area contributed by atoms with Crippen molar-refractivity contribution in [3.8, 4) is 0 Å². The number of piperazine rings is 1. The molecule has 2 aliphatic heterocycles. The van der Waals surface area contributed by atoms with Gasteiger partial charge in [-0.1, -0.05) is 0 Å². The Morgan fingerprint density at radius 3 is 2.46 bits per heavy atom. The molecule has 1 aromatic heterocycles. The Hall–Kier alpha value is -1.64. The molecular weight excluding hydrogens is 379 g/mol. The van der Waals surface area contributed by atoms with Gasteiger partial charge in [0.2, 0.25) is 17.8 Å². The van der Waals surface area contributed by atoms with Crippen LogP contribution in [0.2, 0.25) is 0 Å². The Balaban J connectivity index is 0.00000169. The van der Waals surface area contributed by atoms with E-state index in [0.717, 1.165) is 32.5 Å². The quantitative estimate of drug-likeness (QED) is 0.729. The lowest BCUT2D eigenvalue weighted by Gasteiger charge is -2.34. The van der Waals surface area contributed by atoms with Gasteiger partial charge in [-0.15, -0.1) is 24.8 Å². The fraction of sp³-hybridized carbons (Fsp3) is 0.625. The lowest BCUT2D eigenvalue weighted by Crippen LogP contribution is -2.50. The molecule has 10 heteroatoms. The molecule has 0 saturated carbocycles. The van der Waals surface area contributed by atoms with Crippen molar-refractivity contribution in [2.45, 2.75) is 25.3 Å². The second-order valence-electron chi connectivity index (χ2n) is 6.11. The molecule has 2 N–H and O–H groups in total. The van der Waals surface area contributed by atoms with Crippen LogP contribution in [0, 0.1) is 0 Å². The molecule has 2 amide bonds. The fourth-order valence-corrected chi connectivity index (χ4v) is 3.09. The molecule has 3 rings (SSSR count). The van der Waals surface area contributed by atoms with E-state index in [-0.39, 0.29) is 42.7 Å². The first-order chi connectivity index (χ1) is 11.7. The van der Waals surface area contributed by atoms with Crippen molar-refractivity contribution in [3.05, 3.63) is 18.5 Å². The molecule has 2 aliphatic rings. The number of amides is 2. The molecular formula is C16H26Cl2N6O2. The minimum absolute atomic E-state index is 0. The first-order valence-electron chi connectivity index (χ1n) is 8.55. The van der Waals surface area contributed by atoms with Crippen LogP contribution in [0.25, 0.3) is 0 Å². The number of nitrogens with zero attached hydrogens (tertiary/aromatic N) is 4. The molecule has 3 heterocycles. The van der Waals surface area contributed by atoms with Gasteiger partial charge in [-0.3, -0.25) is 9.59 Å². The van der Waals surface area contributed by atoms with Crippen molar-refractivity contribution in [2.24, 2.45) is 0 Å². The van der Waals surface area contributed by atoms with Crippen molar-refractivity contribution >= 4 is 42.6 Å². The molecule has 2 fully saturated rings. The summed E-state index contributed by atoms with van der Waals surface area (Å²) in [4.78, 5) is 36.5. The third-order valence-corrected chi connectivity index (χ3v) is 4.48. The number of carbonyl (C=O) groups excluding carboxylic acids is 2. The van der Waals surface area contributed by atoms with Gasteiger partial charge >= 0.3 is 0 Å². The van der Waals surface area contributed by atoms with Crippen LogP contribution in [-0.4, -0.2) is 72.0 Å². The highest BCUT2D eigenvalue weighted by atomic mass is 35.5. The summed E-state index contributed by atoms with van der Waals surface area (Å²) >= 11 is 0. The van der Waals surface area contributed by atoms with E-state index in [9.17, 15) is 9.59 Å². The van der Waals surface area contributed by atoms with Crippen molar-refractivity contribution in [3.63, 3.8) is 0 Å². The van der Waals surface area contributed by atoms with E-state index in [2.05, 4.69) is 25.5 Å². The lowest BCUT2D eigenvalue weighted by molar-refractivity contribution is -0.131. The van der Waals surface area contributed by atoms with Gasteiger partial charge in [0.25, 0.3) is 0 Å². The molecule has 1 aromatic rings. The number of hydrogen-bond acceptors (Lipinski definition) is 6. The Bertz CT molecular complexity index is 563. The van der Waals surface area contributed by atoms with Gasteiger partial charge in [-0.25, -0.2) is 9.97 Å². The van der Waals surface area contributed by atoms with E-state index in [4.69, 9.17) is 0 Å². The van der Waals surface area contributed by atoms with Gasteiger partial charge in [-0.2, -0.15) is 0 Å². The van der Waals surface area contributed by atoms with E-state index >= 15 is 0 Å². The zero-order chi connectivity index (χ0) is 16.8. The summed E-state index contributed by atoms with van der Waals surface area (Å²) in [6.07, 6.45) is 5.71. The topological polar surface area (TPSA) is 90.5 Å². The van der Waals surface area contributed by atoms with Crippen molar-refractivity contribution < 1.29 is 9.59 Å². The van der Waals surface area contributed by atoms with Crippen LogP contribution >= 0.6 is 24.8 Å². The average Bonchev–Trinajstić information content (AvgIpc) is 3.17. The summed E-state index contributed by atoms with van der Waals surface area (Å²) in [6, 6.07) is 1.70. The first-order valence-corrected chi connectivity index (χ1v) is 8.55. The third kappa shape index (κ3) is 5.96. The third-order valence-electron chi connectivity index (χ3n) is 4.48. The largest absolute Gasteiger partial charge is 0.354 e. The SMILES string of the molecule is Cl.Cl.O=C(NCCC(=O)N1CCN(c2ncccn2)CC1)[C@@H]1CCCN1. The smallest absolute Gasteiger partial charge is 0.237 e. The summed E-state index contributed by atoms with van der Waals surface area (Å²) in [5, 5.41) is 6.00. The molecule has 0 unspecified atom stereocenters. The van der Waals surface area contributed by atoms with Crippen molar-refractivity contribution in [1.29, 1.82) is 0 Å². The van der Waals surface area contributed by atoms with Crippen LogP contribution in [0.3, 0.4) is 0 Å². The van der Waals surface area contributed by atoms with E-state index in [1.54, 1.807) is 18.5 Å². The van der Waals surface area contributed by atoms with E-state index in [1.807, 2.05) is 4.90 Å². The Labute approximate surface area is 165 Å². The summed E-state index contributed by atoms with van der Waals surface area (Å²) in [6.45, 7) is 4.08. The molecule has 0 bridgehead atoms. The zero-order valence-corrected chi connectivity index (χ0v) is 16.2. The lowest BCUT2D eigenvalue weighted by atomic mass is 10.2. The summed E-state index contributed by atoms with van der Waals surface area (Å²) in [5.41, 5.74) is 0. The maximum atomic E-state index is 12.3. The normalized spacial score (nSPS) is 19.3. The van der Waals surface area contributed by atoms with Crippen LogP contribution in [0.5, 0.6) is 0 Å². The molecule has 2 saturated heterocycles. The second-order valence-corrected chi connectivity index (χ2v) is 6.11. The summed E-state index contributed by atoms with van der Waals surface area (Å²) in [5.74, 6) is 0.801. The number of halogens is 2. The van der Waals surface area contributed by atoms with Gasteiger partial charge in [-0.05, 0) is 25.5 Å². The number of nitrogens with one attached hydrogen (secondary N) is 2. The molecule has 0 aliphatic carbocycles. The molecule has 146 valence electrons. The molecule has 0 radical (unpaired) electrons. The van der Waals surface area contributed by atoms with Crippen molar-refractivity contribution in [1.82, 2.24) is 25.5 Å². The highest BCUT2D eigenvalue weighted by molar-refractivity contribution is 5.85. The maximum absolute atomic E-state index is 12.3. The van der Waals surface area contributed by atoms with Gasteiger partial charge < -0.3 is 20.4 Å². The second kappa shape index (κ2) is 11.2. The Morgan fingerprint density at radius 2 is 1.85 bits per heavy atom. The number of carbonyl (C=O) groups is 2. The highest BCUT2D eigenvalue weighted by Crippen LogP contribution is 2.10. The molecule has 0 spiro atoms. The predicted octanol–water partition coefficient (Wildman–Crippen LogP) is 0.227. The maximum Gasteiger partial charge on any atom is 0.237 e. The number of aromatic nitrogens is 2. The van der Waals surface area contributed by atoms with E-state index in [1.165, 1.54) is 0 Å². The van der Waals surface area contributed by atoms with E-state index in [0.29, 0.717) is 32.0 Å². The van der Waals surface area contributed by atoms with Crippen LogP contribution in [-0.2, 0) is 9.59 Å². The number of rotatable bonds is 5.